The number of hydrogen-bond acceptors (Lipinski definition) is 7. The zero-order chi connectivity index (χ0) is 15.8. The fourth-order valence-electron chi connectivity index (χ4n) is 1.55. The van der Waals surface area contributed by atoms with Gasteiger partial charge in [0.1, 0.15) is 5.76 Å². The highest BCUT2D eigenvalue weighted by Gasteiger charge is 2.07. The number of nitrogens with zero attached hydrogens (tertiary/aromatic N) is 3. The van der Waals surface area contributed by atoms with Gasteiger partial charge in [0.25, 0.3) is 0 Å². The first-order valence-corrected chi connectivity index (χ1v) is 7.41. The number of methoxy groups -OCH3 is 2. The Balaban J connectivity index is 2.08. The van der Waals surface area contributed by atoms with Crippen molar-refractivity contribution in [2.24, 2.45) is 0 Å². The topological polar surface area (TPSA) is 74.2 Å². The van der Waals surface area contributed by atoms with Crippen LogP contribution in [0.4, 0.5) is 0 Å². The molecule has 0 radical (unpaired) electrons. The zero-order valence-electron chi connectivity index (χ0n) is 12.2. The van der Waals surface area contributed by atoms with Crippen LogP contribution in [-0.4, -0.2) is 40.9 Å². The SMILES string of the molecule is COC(=O)C=C(CSc1nccc(-c2ccccn2)n1)OC. The van der Waals surface area contributed by atoms with E-state index in [0.717, 1.165) is 11.4 Å². The molecule has 2 rings (SSSR count). The van der Waals surface area contributed by atoms with Crippen LogP contribution in [0.2, 0.25) is 0 Å². The summed E-state index contributed by atoms with van der Waals surface area (Å²) < 4.78 is 9.70. The molecule has 2 heterocycles. The van der Waals surface area contributed by atoms with Gasteiger partial charge in [-0.15, -0.1) is 0 Å². The number of aromatic nitrogens is 3. The van der Waals surface area contributed by atoms with Gasteiger partial charge in [0.2, 0.25) is 0 Å². The average Bonchev–Trinajstić information content (AvgIpc) is 2.59. The first-order valence-electron chi connectivity index (χ1n) is 6.42. The lowest BCUT2D eigenvalue weighted by Gasteiger charge is -2.06. The Kier molecular flexibility index (Phi) is 5.91. The first-order chi connectivity index (χ1) is 10.7. The van der Waals surface area contributed by atoms with Crippen molar-refractivity contribution in [2.45, 2.75) is 5.16 Å². The van der Waals surface area contributed by atoms with E-state index in [4.69, 9.17) is 4.74 Å². The van der Waals surface area contributed by atoms with Crippen LogP contribution in [0.5, 0.6) is 0 Å². The molecule has 0 bridgehead atoms. The predicted octanol–water partition coefficient (Wildman–Crippen LogP) is 2.33. The van der Waals surface area contributed by atoms with E-state index in [0.29, 0.717) is 16.7 Å². The summed E-state index contributed by atoms with van der Waals surface area (Å²) in [6, 6.07) is 7.44. The second-order valence-electron chi connectivity index (χ2n) is 4.07. The van der Waals surface area contributed by atoms with E-state index in [1.165, 1.54) is 32.1 Å². The molecule has 7 heteroatoms. The lowest BCUT2D eigenvalue weighted by Crippen LogP contribution is -2.01. The van der Waals surface area contributed by atoms with Crippen molar-refractivity contribution in [3.05, 3.63) is 48.5 Å². The summed E-state index contributed by atoms with van der Waals surface area (Å²) >= 11 is 1.36. The largest absolute Gasteiger partial charge is 0.500 e. The van der Waals surface area contributed by atoms with Gasteiger partial charge < -0.3 is 9.47 Å². The zero-order valence-corrected chi connectivity index (χ0v) is 13.0. The third kappa shape index (κ3) is 4.56. The minimum atomic E-state index is -0.458. The number of esters is 1. The van der Waals surface area contributed by atoms with Crippen LogP contribution in [0.3, 0.4) is 0 Å². The Bertz CT molecular complexity index is 662. The minimum Gasteiger partial charge on any atom is -0.500 e. The molecule has 0 aliphatic heterocycles. The summed E-state index contributed by atoms with van der Waals surface area (Å²) in [5.74, 6) is 0.460. The molecule has 0 unspecified atom stereocenters. The van der Waals surface area contributed by atoms with Crippen molar-refractivity contribution in [3.8, 4) is 11.4 Å². The molecule has 6 nitrogen and oxygen atoms in total. The number of thioether (sulfide) groups is 1. The molecule has 0 N–H and O–H groups in total. The lowest BCUT2D eigenvalue weighted by molar-refractivity contribution is -0.135. The smallest absolute Gasteiger partial charge is 0.333 e. The van der Waals surface area contributed by atoms with Crippen molar-refractivity contribution < 1.29 is 14.3 Å². The molecule has 0 aromatic carbocycles. The first kappa shape index (κ1) is 16.0. The fraction of sp³-hybridized carbons (Fsp3) is 0.200. The van der Waals surface area contributed by atoms with Gasteiger partial charge in [0.05, 0.1) is 37.4 Å². The molecular weight excluding hydrogens is 302 g/mol. The standard InChI is InChI=1S/C15H15N3O3S/c1-20-11(9-14(19)21-2)10-22-15-17-8-6-13(18-15)12-5-3-4-7-16-12/h3-9H,10H2,1-2H3. The van der Waals surface area contributed by atoms with Gasteiger partial charge in [-0.05, 0) is 18.2 Å². The van der Waals surface area contributed by atoms with Gasteiger partial charge in [-0.1, -0.05) is 17.8 Å². The van der Waals surface area contributed by atoms with Gasteiger partial charge in [0.15, 0.2) is 5.16 Å². The quantitative estimate of drug-likeness (QED) is 0.266. The van der Waals surface area contributed by atoms with E-state index >= 15 is 0 Å². The predicted molar refractivity (Wildman–Crippen MR) is 83.1 cm³/mol. The molecule has 2 aromatic heterocycles. The van der Waals surface area contributed by atoms with E-state index in [1.54, 1.807) is 18.5 Å². The maximum absolute atomic E-state index is 11.2. The highest BCUT2D eigenvalue weighted by Crippen LogP contribution is 2.20. The molecule has 2 aromatic rings. The second kappa shape index (κ2) is 8.14. The normalized spacial score (nSPS) is 11.1. The number of rotatable bonds is 6. The number of carbonyl (C=O) groups is 1. The molecule has 0 aliphatic carbocycles. The van der Waals surface area contributed by atoms with Gasteiger partial charge in [-0.25, -0.2) is 14.8 Å². The van der Waals surface area contributed by atoms with Crippen LogP contribution < -0.4 is 0 Å². The van der Waals surface area contributed by atoms with Gasteiger partial charge in [-0.3, -0.25) is 4.98 Å². The van der Waals surface area contributed by atoms with Gasteiger partial charge in [-0.2, -0.15) is 0 Å². The molecule has 22 heavy (non-hydrogen) atoms. The Morgan fingerprint density at radius 2 is 2.00 bits per heavy atom. The summed E-state index contributed by atoms with van der Waals surface area (Å²) in [5, 5.41) is 0.580. The van der Waals surface area contributed by atoms with Crippen molar-refractivity contribution in [3.63, 3.8) is 0 Å². The van der Waals surface area contributed by atoms with E-state index in [1.807, 2.05) is 18.2 Å². The highest BCUT2D eigenvalue weighted by atomic mass is 32.2. The third-order valence-electron chi connectivity index (χ3n) is 2.65. The van der Waals surface area contributed by atoms with Crippen molar-refractivity contribution >= 4 is 17.7 Å². The summed E-state index contributed by atoms with van der Waals surface area (Å²) in [5.41, 5.74) is 1.53. The van der Waals surface area contributed by atoms with Crippen LogP contribution in [0.1, 0.15) is 0 Å². The molecule has 0 saturated carbocycles. The van der Waals surface area contributed by atoms with E-state index in [-0.39, 0.29) is 0 Å². The molecule has 0 spiro atoms. The highest BCUT2D eigenvalue weighted by molar-refractivity contribution is 7.99. The minimum absolute atomic E-state index is 0.428. The van der Waals surface area contributed by atoms with Crippen LogP contribution in [0.25, 0.3) is 11.4 Å². The van der Waals surface area contributed by atoms with E-state index in [9.17, 15) is 4.79 Å². The van der Waals surface area contributed by atoms with E-state index < -0.39 is 5.97 Å². The van der Waals surface area contributed by atoms with Gasteiger partial charge >= 0.3 is 5.97 Å². The molecule has 114 valence electrons. The van der Waals surface area contributed by atoms with Crippen LogP contribution in [0.15, 0.2) is 53.7 Å². The Morgan fingerprint density at radius 1 is 1.14 bits per heavy atom. The molecular formula is C15H15N3O3S. The Morgan fingerprint density at radius 3 is 2.68 bits per heavy atom. The summed E-state index contributed by atoms with van der Waals surface area (Å²) in [4.78, 5) is 24.1. The van der Waals surface area contributed by atoms with Crippen LogP contribution in [0, 0.1) is 0 Å². The van der Waals surface area contributed by atoms with E-state index in [2.05, 4.69) is 19.7 Å². The maximum Gasteiger partial charge on any atom is 0.333 e. The number of pyridine rings is 1. The number of carbonyl (C=O) groups excluding carboxylic acids is 1. The summed E-state index contributed by atoms with van der Waals surface area (Å²) in [6.45, 7) is 0. The molecule has 0 aliphatic rings. The van der Waals surface area contributed by atoms with Crippen molar-refractivity contribution in [1.82, 2.24) is 15.0 Å². The second-order valence-corrected chi connectivity index (χ2v) is 5.01. The lowest BCUT2D eigenvalue weighted by atomic mass is 10.3. The summed E-state index contributed by atoms with van der Waals surface area (Å²) in [7, 11) is 2.82. The fourth-order valence-corrected chi connectivity index (χ4v) is 2.32. The summed E-state index contributed by atoms with van der Waals surface area (Å²) in [6.07, 6.45) is 4.69. The molecule has 0 fully saturated rings. The average molecular weight is 317 g/mol. The monoisotopic (exact) mass is 317 g/mol. The molecule has 0 amide bonds. The molecule has 0 saturated heterocycles. The Hall–Kier alpha value is -2.41. The van der Waals surface area contributed by atoms with Crippen molar-refractivity contribution in [2.75, 3.05) is 20.0 Å². The Labute approximate surface area is 132 Å². The van der Waals surface area contributed by atoms with Crippen molar-refractivity contribution in [1.29, 1.82) is 0 Å². The van der Waals surface area contributed by atoms with Crippen LogP contribution >= 0.6 is 11.8 Å². The molecule has 0 atom stereocenters. The number of ether oxygens (including phenoxy) is 2. The maximum atomic E-state index is 11.2. The van der Waals surface area contributed by atoms with Crippen LogP contribution in [-0.2, 0) is 14.3 Å². The van der Waals surface area contributed by atoms with Gasteiger partial charge in [0, 0.05) is 12.4 Å². The number of hydrogen-bond donors (Lipinski definition) is 0. The third-order valence-corrected chi connectivity index (χ3v) is 3.53.